The number of carbonyl (C=O) groups excluding carboxylic acids is 2. The van der Waals surface area contributed by atoms with E-state index in [4.69, 9.17) is 30.2 Å². The van der Waals surface area contributed by atoms with Crippen LogP contribution in [0.3, 0.4) is 0 Å². The number of hydrogen-bond acceptors (Lipinski definition) is 9. The summed E-state index contributed by atoms with van der Waals surface area (Å²) in [6.45, 7) is 3.87. The van der Waals surface area contributed by atoms with Crippen molar-refractivity contribution >= 4 is 35.4 Å². The van der Waals surface area contributed by atoms with E-state index in [1.165, 1.54) is 28.8 Å². The van der Waals surface area contributed by atoms with Gasteiger partial charge < -0.3 is 23.9 Å². The first-order valence-corrected chi connectivity index (χ1v) is 13.7. The van der Waals surface area contributed by atoms with Crippen molar-refractivity contribution in [2.24, 2.45) is 0 Å². The second-order valence-electron chi connectivity index (χ2n) is 9.89. The van der Waals surface area contributed by atoms with Gasteiger partial charge in [-0.05, 0) is 52.0 Å². The Labute approximate surface area is 237 Å². The molecule has 1 aromatic heterocycles. The number of aromatic nitrogens is 2. The molecule has 1 unspecified atom stereocenters. The van der Waals surface area contributed by atoms with Gasteiger partial charge in [-0.15, -0.1) is 16.9 Å². The average Bonchev–Trinajstić information content (AvgIpc) is 3.31. The maximum atomic E-state index is 13.7. The van der Waals surface area contributed by atoms with Gasteiger partial charge in [0.15, 0.2) is 6.61 Å². The van der Waals surface area contributed by atoms with Crippen molar-refractivity contribution in [2.75, 3.05) is 26.0 Å². The summed E-state index contributed by atoms with van der Waals surface area (Å²) < 4.78 is 72.2. The van der Waals surface area contributed by atoms with Crippen molar-refractivity contribution in [1.29, 1.82) is 0 Å². The molecule has 0 aliphatic carbocycles. The van der Waals surface area contributed by atoms with Gasteiger partial charge in [-0.2, -0.15) is 13.2 Å². The lowest BCUT2D eigenvalue weighted by atomic mass is 9.97. The van der Waals surface area contributed by atoms with E-state index in [1.54, 1.807) is 27.0 Å². The lowest BCUT2D eigenvalue weighted by Crippen LogP contribution is -2.59. The van der Waals surface area contributed by atoms with E-state index in [-0.39, 0.29) is 29.6 Å². The topological polar surface area (TPSA) is 116 Å². The molecular weight excluding hydrogens is 584 g/mol. The third-order valence-electron chi connectivity index (χ3n) is 5.59. The first-order chi connectivity index (χ1) is 18.6. The molecule has 222 valence electrons. The lowest BCUT2D eigenvalue weighted by Gasteiger charge is -2.45. The maximum Gasteiger partial charge on any atom is 0.414 e. The molecule has 1 aromatic carbocycles. The van der Waals surface area contributed by atoms with Crippen LogP contribution >= 0.6 is 23.4 Å². The van der Waals surface area contributed by atoms with Crippen LogP contribution in [0.4, 0.5) is 22.4 Å². The molecule has 2 atom stereocenters. The number of piperidine rings is 1. The van der Waals surface area contributed by atoms with Crippen LogP contribution in [0.2, 0.25) is 5.02 Å². The predicted molar refractivity (Wildman–Crippen MR) is 137 cm³/mol. The highest BCUT2D eigenvalue weighted by Gasteiger charge is 2.46. The zero-order valence-corrected chi connectivity index (χ0v) is 23.7. The number of halogens is 5. The molecule has 1 saturated heterocycles. The first-order valence-electron chi connectivity index (χ1n) is 12.1. The molecule has 0 spiro atoms. The van der Waals surface area contributed by atoms with E-state index in [2.05, 4.69) is 15.5 Å². The van der Waals surface area contributed by atoms with Gasteiger partial charge in [0.2, 0.25) is 5.89 Å². The number of benzene rings is 1. The highest BCUT2D eigenvalue weighted by Crippen LogP contribution is 2.40. The van der Waals surface area contributed by atoms with Gasteiger partial charge in [0.1, 0.15) is 34.7 Å². The Bertz CT molecular complexity index is 1190. The molecule has 2 amide bonds. The van der Waals surface area contributed by atoms with Gasteiger partial charge >= 0.3 is 18.3 Å². The third kappa shape index (κ3) is 9.04. The van der Waals surface area contributed by atoms with Gasteiger partial charge in [0.25, 0.3) is 5.91 Å². The van der Waals surface area contributed by atoms with Gasteiger partial charge in [0.05, 0.1) is 18.0 Å². The molecule has 2 aromatic rings. The van der Waals surface area contributed by atoms with Crippen LogP contribution in [-0.2, 0) is 9.53 Å². The highest BCUT2D eigenvalue weighted by atomic mass is 35.5. The van der Waals surface area contributed by atoms with Crippen LogP contribution in [0.1, 0.15) is 52.0 Å². The van der Waals surface area contributed by atoms with E-state index in [0.717, 1.165) is 6.07 Å². The fraction of sp³-hybridized carbons (Fsp3) is 0.583. The van der Waals surface area contributed by atoms with Gasteiger partial charge in [-0.1, -0.05) is 16.7 Å². The molecule has 1 fully saturated rings. The number of rotatable bonds is 9. The van der Waals surface area contributed by atoms with E-state index >= 15 is 0 Å². The number of amides is 2. The number of nitrogens with one attached hydrogen (secondary N) is 1. The summed E-state index contributed by atoms with van der Waals surface area (Å²) in [5.41, 5.74) is -0.854. The molecule has 1 N–H and O–H groups in total. The van der Waals surface area contributed by atoms with Crippen molar-refractivity contribution in [1.82, 2.24) is 20.4 Å². The quantitative estimate of drug-likeness (QED) is 0.289. The summed E-state index contributed by atoms with van der Waals surface area (Å²) in [4.78, 5) is 26.3. The normalized spacial score (nSPS) is 19.7. The molecule has 0 radical (unpaired) electrons. The SMILES string of the molecule is CS[C@@]1(NC(=O)COc2ccc(Cl)c(F)c2)CCC(c2nnc(OCCC(F)(F)F)o2)N(C(=O)OC(C)(C)C)C1. The number of hydrogen-bond donors (Lipinski definition) is 1. The molecule has 0 saturated carbocycles. The average molecular weight is 613 g/mol. The molecule has 0 bridgehead atoms. The largest absolute Gasteiger partial charge is 0.484 e. The molecule has 16 heteroatoms. The second kappa shape index (κ2) is 12.7. The van der Waals surface area contributed by atoms with E-state index in [0.29, 0.717) is 6.42 Å². The number of ether oxygens (including phenoxy) is 3. The van der Waals surface area contributed by atoms with Crippen molar-refractivity contribution in [2.45, 2.75) is 62.7 Å². The summed E-state index contributed by atoms with van der Waals surface area (Å²) in [5.74, 6) is -1.16. The molecule has 1 aliphatic heterocycles. The van der Waals surface area contributed by atoms with Crippen molar-refractivity contribution in [3.63, 3.8) is 0 Å². The second-order valence-corrected chi connectivity index (χ2v) is 11.5. The van der Waals surface area contributed by atoms with Gasteiger partial charge in [-0.3, -0.25) is 9.69 Å². The summed E-state index contributed by atoms with van der Waals surface area (Å²) in [6, 6.07) is 2.98. The minimum absolute atomic E-state index is 0.0400. The van der Waals surface area contributed by atoms with Crippen LogP contribution in [0.15, 0.2) is 22.6 Å². The monoisotopic (exact) mass is 612 g/mol. The van der Waals surface area contributed by atoms with Crippen molar-refractivity contribution < 1.29 is 45.8 Å². The van der Waals surface area contributed by atoms with Gasteiger partial charge in [-0.25, -0.2) is 9.18 Å². The summed E-state index contributed by atoms with van der Waals surface area (Å²) in [6.07, 6.45) is -4.49. The van der Waals surface area contributed by atoms with E-state index in [1.807, 2.05) is 0 Å². The van der Waals surface area contributed by atoms with Crippen LogP contribution < -0.4 is 14.8 Å². The smallest absolute Gasteiger partial charge is 0.414 e. The standard InChI is InChI=1S/C24H29ClF4N4O6S/c1-22(2,3)39-21(35)33-13-23(40-4,30-18(34)12-37-14-5-6-15(25)16(26)11-14)8-7-17(33)19-31-32-20(38-19)36-10-9-24(27,28)29/h5-6,11,17H,7-10,12-13H2,1-4H3,(H,30,34)/t17?,23-/m0/s1. The number of thioether (sulfide) groups is 1. The Morgan fingerprint density at radius 1 is 1.25 bits per heavy atom. The number of nitrogens with zero attached hydrogens (tertiary/aromatic N) is 3. The minimum Gasteiger partial charge on any atom is -0.484 e. The Balaban J connectivity index is 1.73. The third-order valence-corrected chi connectivity index (χ3v) is 7.11. The van der Waals surface area contributed by atoms with Crippen molar-refractivity contribution in [3.8, 4) is 11.8 Å². The van der Waals surface area contributed by atoms with Crippen molar-refractivity contribution in [3.05, 3.63) is 34.9 Å². The summed E-state index contributed by atoms with van der Waals surface area (Å²) in [7, 11) is 0. The van der Waals surface area contributed by atoms with Crippen LogP contribution in [0.25, 0.3) is 0 Å². The number of likely N-dealkylation sites (tertiary alicyclic amines) is 1. The molecule has 1 aliphatic rings. The zero-order chi connectivity index (χ0) is 29.7. The first kappa shape index (κ1) is 31.6. The fourth-order valence-corrected chi connectivity index (χ4v) is 4.68. The van der Waals surface area contributed by atoms with E-state index in [9.17, 15) is 27.2 Å². The van der Waals surface area contributed by atoms with Crippen LogP contribution in [0, 0.1) is 5.82 Å². The number of carbonyl (C=O) groups is 2. The molecule has 10 nitrogen and oxygen atoms in total. The number of alkyl halides is 3. The Kier molecular flexibility index (Phi) is 10.0. The van der Waals surface area contributed by atoms with Gasteiger partial charge in [0, 0.05) is 6.07 Å². The summed E-state index contributed by atoms with van der Waals surface area (Å²) >= 11 is 6.96. The molecule has 3 rings (SSSR count). The van der Waals surface area contributed by atoms with Crippen LogP contribution in [-0.4, -0.2) is 69.8 Å². The zero-order valence-electron chi connectivity index (χ0n) is 22.1. The summed E-state index contributed by atoms with van der Waals surface area (Å²) in [5, 5.41) is 10.3. The predicted octanol–water partition coefficient (Wildman–Crippen LogP) is 5.52. The Hall–Kier alpha value is -2.94. The molecule has 40 heavy (non-hydrogen) atoms. The fourth-order valence-electron chi connectivity index (χ4n) is 3.75. The minimum atomic E-state index is -4.42. The Morgan fingerprint density at radius 3 is 2.60 bits per heavy atom. The molecular formula is C24H29ClF4N4O6S. The maximum absolute atomic E-state index is 13.7. The highest BCUT2D eigenvalue weighted by molar-refractivity contribution is 8.00. The lowest BCUT2D eigenvalue weighted by molar-refractivity contribution is -0.140. The molecule has 2 heterocycles. The van der Waals surface area contributed by atoms with Crippen LogP contribution in [0.5, 0.6) is 11.8 Å². The van der Waals surface area contributed by atoms with E-state index < -0.39 is 66.2 Å². The Morgan fingerprint density at radius 2 is 1.98 bits per heavy atom.